The van der Waals surface area contributed by atoms with Gasteiger partial charge in [-0.15, -0.1) is 0 Å². The first-order valence-corrected chi connectivity index (χ1v) is 29.2. The minimum atomic E-state index is -4.71. The standard InChI is InChI=1S/C59H95F3N10O11/c1-32(2)26-42-55(80)68(13)37(11)54(79)69(14)44(27-33(3)4)51(76)63-41(30-39-20-22-40(23-21-39)59(60,61)62)50(75)67-49(38(12)73)58(83)71(16)46(29-35(7)8)53(78)65-43(56(81)72-24-18-17-19-25-72)31-47(74)66-48(36(9)10)57(82)70(15)45(28-34(5)6)52(77)64-42/h20-23,32-38,41-46,48-49,73H,17-19,24-31H2,1-16H3,(H,63,76)(H,64,77)(H,65,78)(H,66,74)(H,67,75)/t37-,38+,41-,42-,43-,44-,45-,46-,48-,49-/m0/s1. The molecule has 2 heterocycles. The van der Waals surface area contributed by atoms with Crippen molar-refractivity contribution in [2.75, 3.05) is 41.3 Å². The minimum Gasteiger partial charge on any atom is -0.391 e. The number of nitrogens with zero attached hydrogens (tertiary/aromatic N) is 5. The zero-order valence-electron chi connectivity index (χ0n) is 51.6. The number of rotatable bonds is 13. The Morgan fingerprint density at radius 3 is 1.41 bits per heavy atom. The third-order valence-corrected chi connectivity index (χ3v) is 15.4. The van der Waals surface area contributed by atoms with Crippen LogP contribution in [0.25, 0.3) is 0 Å². The number of amides is 10. The largest absolute Gasteiger partial charge is 0.416 e. The van der Waals surface area contributed by atoms with Crippen molar-refractivity contribution in [1.29, 1.82) is 0 Å². The van der Waals surface area contributed by atoms with Gasteiger partial charge < -0.3 is 56.2 Å². The fourth-order valence-electron chi connectivity index (χ4n) is 10.3. The predicted octanol–water partition coefficient (Wildman–Crippen LogP) is 3.64. The molecule has 0 saturated carbocycles. The zero-order chi connectivity index (χ0) is 63.1. The van der Waals surface area contributed by atoms with Crippen LogP contribution in [0.1, 0.15) is 146 Å². The molecule has 83 heavy (non-hydrogen) atoms. The molecule has 2 saturated heterocycles. The fraction of sp³-hybridized carbons (Fsp3) is 0.729. The van der Waals surface area contributed by atoms with Gasteiger partial charge >= 0.3 is 6.18 Å². The summed E-state index contributed by atoms with van der Waals surface area (Å²) < 4.78 is 41.1. The molecular formula is C59H95F3N10O11. The van der Waals surface area contributed by atoms with E-state index in [9.17, 15) is 66.2 Å². The van der Waals surface area contributed by atoms with Crippen LogP contribution in [0.3, 0.4) is 0 Å². The Balaban J connectivity index is 2.34. The zero-order valence-corrected chi connectivity index (χ0v) is 51.6. The molecule has 0 unspecified atom stereocenters. The number of halogens is 3. The number of carbonyl (C=O) groups excluding carboxylic acids is 10. The highest BCUT2D eigenvalue weighted by molar-refractivity contribution is 5.99. The Bertz CT molecular complexity index is 2410. The van der Waals surface area contributed by atoms with E-state index in [0.717, 1.165) is 45.4 Å². The number of carbonyl (C=O) groups is 10. The molecule has 3 rings (SSSR count). The number of hydrogen-bond acceptors (Lipinski definition) is 11. The van der Waals surface area contributed by atoms with Crippen molar-refractivity contribution in [1.82, 2.24) is 51.1 Å². The first kappa shape index (κ1) is 70.9. The Kier molecular flexibility index (Phi) is 26.9. The highest BCUT2D eigenvalue weighted by Gasteiger charge is 2.43. The lowest BCUT2D eigenvalue weighted by Crippen LogP contribution is -2.63. The van der Waals surface area contributed by atoms with E-state index in [0.29, 0.717) is 25.9 Å². The van der Waals surface area contributed by atoms with Gasteiger partial charge in [0, 0.05) is 47.7 Å². The first-order valence-electron chi connectivity index (χ1n) is 29.2. The number of aliphatic hydroxyl groups excluding tert-OH is 1. The van der Waals surface area contributed by atoms with Crippen LogP contribution in [0.4, 0.5) is 13.2 Å². The van der Waals surface area contributed by atoms with Crippen molar-refractivity contribution in [2.24, 2.45) is 29.6 Å². The molecule has 2 aliphatic heterocycles. The molecule has 0 aliphatic carbocycles. The second-order valence-electron chi connectivity index (χ2n) is 24.7. The molecule has 24 heteroatoms. The van der Waals surface area contributed by atoms with Crippen molar-refractivity contribution < 1.29 is 66.2 Å². The van der Waals surface area contributed by atoms with Crippen LogP contribution < -0.4 is 26.6 Å². The molecule has 2 fully saturated rings. The fourth-order valence-corrected chi connectivity index (χ4v) is 10.3. The quantitative estimate of drug-likeness (QED) is 0.166. The van der Waals surface area contributed by atoms with Crippen LogP contribution in [0.2, 0.25) is 0 Å². The van der Waals surface area contributed by atoms with Crippen molar-refractivity contribution in [3.63, 3.8) is 0 Å². The Labute approximate surface area is 488 Å². The van der Waals surface area contributed by atoms with E-state index in [1.165, 1.54) is 51.8 Å². The van der Waals surface area contributed by atoms with Gasteiger partial charge in [-0.1, -0.05) is 81.4 Å². The molecule has 10 atom stereocenters. The molecule has 2 aliphatic rings. The summed E-state index contributed by atoms with van der Waals surface area (Å²) in [7, 11) is 5.38. The predicted molar refractivity (Wildman–Crippen MR) is 306 cm³/mol. The number of likely N-dealkylation sites (tertiary alicyclic amines) is 1. The summed E-state index contributed by atoms with van der Waals surface area (Å²) in [6.07, 6.45) is -5.10. The third kappa shape index (κ3) is 20.5. The topological polar surface area (TPSA) is 267 Å². The van der Waals surface area contributed by atoms with Gasteiger partial charge in [-0.05, 0) is 106 Å². The lowest BCUT2D eigenvalue weighted by atomic mass is 9.96. The normalized spacial score (nSPS) is 26.1. The Morgan fingerprint density at radius 1 is 0.542 bits per heavy atom. The van der Waals surface area contributed by atoms with Gasteiger partial charge in [0.15, 0.2) is 0 Å². The lowest BCUT2D eigenvalue weighted by Gasteiger charge is -2.37. The maximum Gasteiger partial charge on any atom is 0.416 e. The summed E-state index contributed by atoms with van der Waals surface area (Å²) in [6, 6.07) is -8.82. The maximum absolute atomic E-state index is 14.7. The van der Waals surface area contributed by atoms with E-state index in [2.05, 4.69) is 26.6 Å². The maximum atomic E-state index is 14.7. The summed E-state index contributed by atoms with van der Waals surface area (Å²) in [6.45, 7) is 21.1. The number of piperidine rings is 1. The summed E-state index contributed by atoms with van der Waals surface area (Å²) in [5, 5.41) is 24.7. The number of hydrogen-bond donors (Lipinski definition) is 6. The molecule has 6 N–H and O–H groups in total. The average Bonchev–Trinajstić information content (AvgIpc) is 3.61. The molecule has 468 valence electrons. The summed E-state index contributed by atoms with van der Waals surface area (Å²) in [5.74, 6) is -9.40. The van der Waals surface area contributed by atoms with Gasteiger partial charge in [0.2, 0.25) is 59.1 Å². The van der Waals surface area contributed by atoms with Gasteiger partial charge in [-0.2, -0.15) is 13.2 Å². The van der Waals surface area contributed by atoms with E-state index in [1.807, 2.05) is 27.7 Å². The molecule has 0 radical (unpaired) electrons. The number of alkyl halides is 3. The first-order chi connectivity index (χ1) is 38.5. The van der Waals surface area contributed by atoms with E-state index >= 15 is 0 Å². The van der Waals surface area contributed by atoms with Crippen molar-refractivity contribution in [2.45, 2.75) is 208 Å². The van der Waals surface area contributed by atoms with Crippen LogP contribution in [0, 0.1) is 29.6 Å². The van der Waals surface area contributed by atoms with Gasteiger partial charge in [-0.3, -0.25) is 47.9 Å². The molecule has 1 aromatic carbocycles. The minimum absolute atomic E-state index is 0.00724. The lowest BCUT2D eigenvalue weighted by molar-refractivity contribution is -0.149. The molecule has 10 amide bonds. The van der Waals surface area contributed by atoms with Gasteiger partial charge in [0.25, 0.3) is 0 Å². The van der Waals surface area contributed by atoms with E-state index < -0.39 is 150 Å². The third-order valence-electron chi connectivity index (χ3n) is 15.4. The highest BCUT2D eigenvalue weighted by Crippen LogP contribution is 2.30. The summed E-state index contributed by atoms with van der Waals surface area (Å²) in [5.41, 5.74) is -0.840. The molecule has 0 spiro atoms. The summed E-state index contributed by atoms with van der Waals surface area (Å²) in [4.78, 5) is 152. The monoisotopic (exact) mass is 1180 g/mol. The second kappa shape index (κ2) is 31.5. The van der Waals surface area contributed by atoms with Crippen molar-refractivity contribution in [3.8, 4) is 0 Å². The van der Waals surface area contributed by atoms with Crippen LogP contribution >= 0.6 is 0 Å². The SMILES string of the molecule is CC(C)C[C@@H]1NC(=O)[C@H](CC(C)C)N(C)C(=O)[C@H](C(C)C)NC(=O)C[C@@H](C(=O)N2CCCCC2)NC(=O)[C@H](CC(C)C)N(C)C(=O)[C@H]([C@@H](C)O)NC(=O)[C@H](Cc2ccc(C(F)(F)F)cc2)NC(=O)[C@H](CC(C)C)N(C)C(=O)[C@H](C)N(C)C1=O. The van der Waals surface area contributed by atoms with Crippen LogP contribution in [-0.2, 0) is 60.5 Å². The van der Waals surface area contributed by atoms with Crippen molar-refractivity contribution in [3.05, 3.63) is 35.4 Å². The van der Waals surface area contributed by atoms with Crippen LogP contribution in [0.15, 0.2) is 24.3 Å². The average molecular weight is 1180 g/mol. The van der Waals surface area contributed by atoms with Crippen molar-refractivity contribution >= 4 is 59.1 Å². The van der Waals surface area contributed by atoms with Gasteiger partial charge in [0.05, 0.1) is 18.1 Å². The van der Waals surface area contributed by atoms with E-state index in [4.69, 9.17) is 0 Å². The number of nitrogens with one attached hydrogen (secondary N) is 5. The van der Waals surface area contributed by atoms with Gasteiger partial charge in [-0.25, -0.2) is 0 Å². The smallest absolute Gasteiger partial charge is 0.391 e. The molecular weight excluding hydrogens is 1080 g/mol. The summed E-state index contributed by atoms with van der Waals surface area (Å²) >= 11 is 0. The number of benzene rings is 1. The molecule has 0 bridgehead atoms. The van der Waals surface area contributed by atoms with E-state index in [-0.39, 0.29) is 54.9 Å². The second-order valence-corrected chi connectivity index (χ2v) is 24.7. The number of aliphatic hydroxyl groups is 1. The molecule has 1 aromatic rings. The number of likely N-dealkylation sites (N-methyl/N-ethyl adjacent to an activating group) is 4. The Hall–Kier alpha value is -6.33. The molecule has 0 aromatic heterocycles. The van der Waals surface area contributed by atoms with Crippen LogP contribution in [0.5, 0.6) is 0 Å². The van der Waals surface area contributed by atoms with Gasteiger partial charge in [0.1, 0.15) is 54.4 Å². The van der Waals surface area contributed by atoms with Crippen LogP contribution in [-0.4, -0.2) is 190 Å². The molecule has 21 nitrogen and oxygen atoms in total. The highest BCUT2D eigenvalue weighted by atomic mass is 19.4. The Morgan fingerprint density at radius 2 is 0.976 bits per heavy atom. The van der Waals surface area contributed by atoms with E-state index in [1.54, 1.807) is 41.5 Å².